The molecule has 0 radical (unpaired) electrons. The standard InChI is InChI=1S/C13H14F2N2/c1-9-3-4-10(2)17(9)16-8-11-5-6-12(14)13(15)7-11/h3-7,16H,8H2,1-2H3. The molecule has 0 aliphatic rings. The summed E-state index contributed by atoms with van der Waals surface area (Å²) in [6.45, 7) is 4.41. The third-order valence-electron chi connectivity index (χ3n) is 2.70. The van der Waals surface area contributed by atoms with Crippen molar-refractivity contribution in [3.63, 3.8) is 0 Å². The van der Waals surface area contributed by atoms with Crippen LogP contribution in [0.15, 0.2) is 30.3 Å². The highest BCUT2D eigenvalue weighted by Gasteiger charge is 2.03. The fraction of sp³-hybridized carbons (Fsp3) is 0.231. The van der Waals surface area contributed by atoms with Crippen LogP contribution in [0.4, 0.5) is 8.78 Å². The van der Waals surface area contributed by atoms with Gasteiger partial charge in [-0.05, 0) is 43.7 Å². The number of benzene rings is 1. The topological polar surface area (TPSA) is 17.0 Å². The fourth-order valence-corrected chi connectivity index (χ4v) is 1.74. The Hall–Kier alpha value is -1.84. The zero-order valence-electron chi connectivity index (χ0n) is 9.80. The van der Waals surface area contributed by atoms with Gasteiger partial charge < -0.3 is 5.43 Å². The summed E-state index contributed by atoms with van der Waals surface area (Å²) in [6, 6.07) is 7.90. The summed E-state index contributed by atoms with van der Waals surface area (Å²) < 4.78 is 27.7. The van der Waals surface area contributed by atoms with Crippen LogP contribution in [-0.2, 0) is 6.54 Å². The van der Waals surface area contributed by atoms with Gasteiger partial charge in [-0.2, -0.15) is 0 Å². The molecule has 2 rings (SSSR count). The van der Waals surface area contributed by atoms with Crippen LogP contribution >= 0.6 is 0 Å². The van der Waals surface area contributed by atoms with Gasteiger partial charge in [0.15, 0.2) is 11.6 Å². The highest BCUT2D eigenvalue weighted by atomic mass is 19.2. The van der Waals surface area contributed by atoms with Crippen LogP contribution in [0.2, 0.25) is 0 Å². The van der Waals surface area contributed by atoms with E-state index >= 15 is 0 Å². The number of hydrogen-bond donors (Lipinski definition) is 1. The van der Waals surface area contributed by atoms with Crippen LogP contribution in [0, 0.1) is 25.5 Å². The molecule has 0 bridgehead atoms. The third kappa shape index (κ3) is 2.46. The third-order valence-corrected chi connectivity index (χ3v) is 2.70. The van der Waals surface area contributed by atoms with E-state index < -0.39 is 11.6 Å². The van der Waals surface area contributed by atoms with Gasteiger partial charge in [0, 0.05) is 11.4 Å². The molecule has 2 aromatic rings. The number of hydrogen-bond acceptors (Lipinski definition) is 1. The first-order chi connectivity index (χ1) is 8.08. The molecular formula is C13H14F2N2. The first-order valence-electron chi connectivity index (χ1n) is 5.40. The number of nitrogens with one attached hydrogen (secondary N) is 1. The van der Waals surface area contributed by atoms with E-state index in [0.29, 0.717) is 12.1 Å². The molecule has 0 unspecified atom stereocenters. The van der Waals surface area contributed by atoms with Gasteiger partial charge in [0.25, 0.3) is 0 Å². The van der Waals surface area contributed by atoms with Gasteiger partial charge in [-0.3, -0.25) is 4.68 Å². The summed E-state index contributed by atoms with van der Waals surface area (Å²) in [5.74, 6) is -1.63. The molecule has 17 heavy (non-hydrogen) atoms. The van der Waals surface area contributed by atoms with Crippen molar-refractivity contribution in [3.05, 3.63) is 58.9 Å². The van der Waals surface area contributed by atoms with Gasteiger partial charge in [-0.25, -0.2) is 8.78 Å². The van der Waals surface area contributed by atoms with E-state index in [-0.39, 0.29) is 0 Å². The highest BCUT2D eigenvalue weighted by Crippen LogP contribution is 2.10. The Morgan fingerprint density at radius 3 is 2.24 bits per heavy atom. The Bertz CT molecular complexity index is 513. The fourth-order valence-electron chi connectivity index (χ4n) is 1.74. The van der Waals surface area contributed by atoms with Gasteiger partial charge in [-0.1, -0.05) is 6.07 Å². The smallest absolute Gasteiger partial charge is 0.159 e. The van der Waals surface area contributed by atoms with Crippen LogP contribution < -0.4 is 5.43 Å². The summed E-state index contributed by atoms with van der Waals surface area (Å²) in [4.78, 5) is 0. The summed E-state index contributed by atoms with van der Waals surface area (Å²) in [6.07, 6.45) is 0. The average Bonchev–Trinajstić information content (AvgIpc) is 2.61. The molecule has 0 spiro atoms. The predicted octanol–water partition coefficient (Wildman–Crippen LogP) is 3.13. The maximum absolute atomic E-state index is 13.0. The molecule has 1 heterocycles. The second-order valence-corrected chi connectivity index (χ2v) is 4.03. The number of halogens is 2. The number of aryl methyl sites for hydroxylation is 2. The average molecular weight is 236 g/mol. The van der Waals surface area contributed by atoms with Crippen LogP contribution in [0.3, 0.4) is 0 Å². The Morgan fingerprint density at radius 2 is 1.65 bits per heavy atom. The van der Waals surface area contributed by atoms with Crippen molar-refractivity contribution in [1.29, 1.82) is 0 Å². The molecule has 1 aromatic carbocycles. The minimum Gasteiger partial charge on any atom is -0.322 e. The van der Waals surface area contributed by atoms with E-state index in [4.69, 9.17) is 0 Å². The van der Waals surface area contributed by atoms with Crippen molar-refractivity contribution < 1.29 is 8.78 Å². The zero-order chi connectivity index (χ0) is 12.4. The molecule has 0 aliphatic carbocycles. The quantitative estimate of drug-likeness (QED) is 0.866. The van der Waals surface area contributed by atoms with Crippen LogP contribution in [0.5, 0.6) is 0 Å². The Balaban J connectivity index is 2.10. The summed E-state index contributed by atoms with van der Waals surface area (Å²) >= 11 is 0. The van der Waals surface area contributed by atoms with Crippen molar-refractivity contribution in [2.75, 3.05) is 5.43 Å². The molecular weight excluding hydrogens is 222 g/mol. The van der Waals surface area contributed by atoms with Crippen molar-refractivity contribution in [3.8, 4) is 0 Å². The second-order valence-electron chi connectivity index (χ2n) is 4.03. The van der Waals surface area contributed by atoms with Crippen molar-refractivity contribution >= 4 is 0 Å². The van der Waals surface area contributed by atoms with Gasteiger partial charge in [0.2, 0.25) is 0 Å². The van der Waals surface area contributed by atoms with Crippen LogP contribution in [-0.4, -0.2) is 4.68 Å². The van der Waals surface area contributed by atoms with Crippen LogP contribution in [0.25, 0.3) is 0 Å². The Labute approximate surface area is 98.9 Å². The molecule has 0 atom stereocenters. The molecule has 0 fully saturated rings. The van der Waals surface area contributed by atoms with Crippen molar-refractivity contribution in [2.24, 2.45) is 0 Å². The maximum Gasteiger partial charge on any atom is 0.159 e. The van der Waals surface area contributed by atoms with Gasteiger partial charge in [0.1, 0.15) is 0 Å². The van der Waals surface area contributed by atoms with E-state index in [0.717, 1.165) is 17.5 Å². The first-order valence-corrected chi connectivity index (χ1v) is 5.40. The second kappa shape index (κ2) is 4.57. The molecule has 4 heteroatoms. The van der Waals surface area contributed by atoms with Crippen molar-refractivity contribution in [2.45, 2.75) is 20.4 Å². The lowest BCUT2D eigenvalue weighted by Crippen LogP contribution is -2.17. The van der Waals surface area contributed by atoms with Crippen LogP contribution in [0.1, 0.15) is 17.0 Å². The lowest BCUT2D eigenvalue weighted by Gasteiger charge is -2.12. The number of rotatable bonds is 3. The van der Waals surface area contributed by atoms with E-state index in [9.17, 15) is 8.78 Å². The molecule has 2 nitrogen and oxygen atoms in total. The normalized spacial score (nSPS) is 10.6. The SMILES string of the molecule is Cc1ccc(C)n1NCc1ccc(F)c(F)c1. The van der Waals surface area contributed by atoms with Crippen molar-refractivity contribution in [1.82, 2.24) is 4.68 Å². The largest absolute Gasteiger partial charge is 0.322 e. The summed E-state index contributed by atoms with van der Waals surface area (Å²) in [5.41, 5.74) is 6.01. The Kier molecular flexibility index (Phi) is 3.13. The zero-order valence-corrected chi connectivity index (χ0v) is 9.80. The van der Waals surface area contributed by atoms with E-state index in [1.165, 1.54) is 6.07 Å². The summed E-state index contributed by atoms with van der Waals surface area (Å²) in [7, 11) is 0. The summed E-state index contributed by atoms with van der Waals surface area (Å²) in [5, 5.41) is 0. The molecule has 0 saturated heterocycles. The van der Waals surface area contributed by atoms with Gasteiger partial charge in [0.05, 0.1) is 6.54 Å². The van der Waals surface area contributed by atoms with E-state index in [1.54, 1.807) is 6.07 Å². The minimum atomic E-state index is -0.818. The lowest BCUT2D eigenvalue weighted by atomic mass is 10.2. The van der Waals surface area contributed by atoms with E-state index in [1.807, 2.05) is 30.7 Å². The van der Waals surface area contributed by atoms with Gasteiger partial charge in [-0.15, -0.1) is 0 Å². The molecule has 0 aliphatic heterocycles. The first kappa shape index (κ1) is 11.6. The molecule has 0 saturated carbocycles. The molecule has 1 N–H and O–H groups in total. The minimum absolute atomic E-state index is 0.452. The number of nitrogens with zero attached hydrogens (tertiary/aromatic N) is 1. The lowest BCUT2D eigenvalue weighted by molar-refractivity contribution is 0.507. The highest BCUT2D eigenvalue weighted by molar-refractivity contribution is 5.20. The predicted molar refractivity (Wildman–Crippen MR) is 63.3 cm³/mol. The maximum atomic E-state index is 13.0. The molecule has 1 aromatic heterocycles. The monoisotopic (exact) mass is 236 g/mol. The van der Waals surface area contributed by atoms with Gasteiger partial charge >= 0.3 is 0 Å². The Morgan fingerprint density at radius 1 is 1.00 bits per heavy atom. The van der Waals surface area contributed by atoms with E-state index in [2.05, 4.69) is 5.43 Å². The molecule has 0 amide bonds. The number of aromatic nitrogens is 1. The molecule has 90 valence electrons.